The molecule has 2 nitrogen and oxygen atoms in total. The van der Waals surface area contributed by atoms with Crippen molar-refractivity contribution in [2.24, 2.45) is 5.92 Å². The van der Waals surface area contributed by atoms with Crippen LogP contribution in [0, 0.1) is 5.92 Å². The van der Waals surface area contributed by atoms with Crippen LogP contribution < -0.4 is 5.32 Å². The van der Waals surface area contributed by atoms with Crippen LogP contribution in [0.4, 0.5) is 5.69 Å². The van der Waals surface area contributed by atoms with E-state index in [1.54, 1.807) is 11.3 Å². The van der Waals surface area contributed by atoms with Gasteiger partial charge in [-0.1, -0.05) is 20.3 Å². The monoisotopic (exact) mass is 234 g/mol. The van der Waals surface area contributed by atoms with Gasteiger partial charge in [0.15, 0.2) is 0 Å². The van der Waals surface area contributed by atoms with Crippen LogP contribution in [0.25, 0.3) is 10.2 Å². The first-order chi connectivity index (χ1) is 7.79. The maximum absolute atomic E-state index is 4.28. The van der Waals surface area contributed by atoms with Gasteiger partial charge in [0, 0.05) is 12.2 Å². The van der Waals surface area contributed by atoms with E-state index in [0.29, 0.717) is 0 Å². The van der Waals surface area contributed by atoms with Crippen LogP contribution in [0.2, 0.25) is 0 Å². The summed E-state index contributed by atoms with van der Waals surface area (Å²) in [6.07, 6.45) is 2.55. The number of nitrogens with one attached hydrogen (secondary N) is 1. The Morgan fingerprint density at radius 3 is 3.12 bits per heavy atom. The lowest BCUT2D eigenvalue weighted by molar-refractivity contribution is 0.551. The normalized spacial score (nSPS) is 12.9. The molecule has 0 aliphatic heterocycles. The van der Waals surface area contributed by atoms with Gasteiger partial charge in [-0.05, 0) is 30.5 Å². The average molecular weight is 234 g/mol. The molecule has 0 aliphatic rings. The maximum atomic E-state index is 4.28. The first-order valence-corrected chi connectivity index (χ1v) is 6.74. The van der Waals surface area contributed by atoms with Crippen LogP contribution in [0.15, 0.2) is 23.7 Å². The van der Waals surface area contributed by atoms with E-state index in [-0.39, 0.29) is 0 Å². The molecule has 0 radical (unpaired) electrons. The summed E-state index contributed by atoms with van der Waals surface area (Å²) in [5, 5.41) is 3.49. The molecule has 0 fully saturated rings. The van der Waals surface area contributed by atoms with Gasteiger partial charge in [-0.15, -0.1) is 11.3 Å². The molecule has 86 valence electrons. The van der Waals surface area contributed by atoms with Crippen molar-refractivity contribution >= 4 is 27.2 Å². The summed E-state index contributed by atoms with van der Waals surface area (Å²) in [6.45, 7) is 5.58. The van der Waals surface area contributed by atoms with E-state index in [0.717, 1.165) is 18.0 Å². The number of thiazole rings is 1. The van der Waals surface area contributed by atoms with Crippen LogP contribution in [0.5, 0.6) is 0 Å². The summed E-state index contributed by atoms with van der Waals surface area (Å²) in [6, 6.07) is 6.38. The Labute approximate surface area is 101 Å². The highest BCUT2D eigenvalue weighted by atomic mass is 32.1. The molecule has 16 heavy (non-hydrogen) atoms. The van der Waals surface area contributed by atoms with Gasteiger partial charge in [0.05, 0.1) is 15.7 Å². The number of benzene rings is 1. The molecule has 0 saturated heterocycles. The number of hydrogen-bond acceptors (Lipinski definition) is 3. The molecule has 1 unspecified atom stereocenters. The molecular weight excluding hydrogens is 216 g/mol. The Morgan fingerprint density at radius 2 is 2.31 bits per heavy atom. The fraction of sp³-hybridized carbons (Fsp3) is 0.462. The van der Waals surface area contributed by atoms with Crippen molar-refractivity contribution in [2.75, 3.05) is 11.9 Å². The van der Waals surface area contributed by atoms with Crippen molar-refractivity contribution in [2.45, 2.75) is 26.7 Å². The van der Waals surface area contributed by atoms with Crippen LogP contribution in [0.3, 0.4) is 0 Å². The van der Waals surface area contributed by atoms with E-state index < -0.39 is 0 Å². The van der Waals surface area contributed by atoms with E-state index in [4.69, 9.17) is 0 Å². The first kappa shape index (κ1) is 11.4. The minimum absolute atomic E-state index is 0.738. The third-order valence-electron chi connectivity index (χ3n) is 2.77. The summed E-state index contributed by atoms with van der Waals surface area (Å²) >= 11 is 1.69. The van der Waals surface area contributed by atoms with E-state index >= 15 is 0 Å². The molecule has 1 aromatic heterocycles. The molecule has 0 saturated carbocycles. The predicted molar refractivity (Wildman–Crippen MR) is 72.2 cm³/mol. The molecule has 0 spiro atoms. The maximum Gasteiger partial charge on any atom is 0.0813 e. The van der Waals surface area contributed by atoms with Crippen molar-refractivity contribution in [3.63, 3.8) is 0 Å². The quantitative estimate of drug-likeness (QED) is 0.841. The van der Waals surface area contributed by atoms with Gasteiger partial charge in [-0.25, -0.2) is 4.98 Å². The van der Waals surface area contributed by atoms with Crippen LogP contribution in [-0.2, 0) is 0 Å². The van der Waals surface area contributed by atoms with Crippen molar-refractivity contribution < 1.29 is 0 Å². The molecule has 0 bridgehead atoms. The molecule has 1 N–H and O–H groups in total. The van der Waals surface area contributed by atoms with Gasteiger partial charge >= 0.3 is 0 Å². The van der Waals surface area contributed by atoms with Crippen LogP contribution >= 0.6 is 11.3 Å². The fourth-order valence-electron chi connectivity index (χ4n) is 1.85. The molecule has 1 atom stereocenters. The van der Waals surface area contributed by atoms with Crippen molar-refractivity contribution in [1.82, 2.24) is 4.98 Å². The molecule has 2 aromatic rings. The lowest BCUT2D eigenvalue weighted by Crippen LogP contribution is -2.10. The number of nitrogens with zero attached hydrogens (tertiary/aromatic N) is 1. The third-order valence-corrected chi connectivity index (χ3v) is 3.56. The number of hydrogen-bond donors (Lipinski definition) is 1. The van der Waals surface area contributed by atoms with Gasteiger partial charge in [-0.2, -0.15) is 0 Å². The predicted octanol–water partition coefficient (Wildman–Crippen LogP) is 4.14. The summed E-state index contributed by atoms with van der Waals surface area (Å²) < 4.78 is 1.26. The highest BCUT2D eigenvalue weighted by molar-refractivity contribution is 7.16. The smallest absolute Gasteiger partial charge is 0.0813 e. The second-order valence-corrected chi connectivity index (χ2v) is 5.20. The Hall–Kier alpha value is -1.09. The van der Waals surface area contributed by atoms with Gasteiger partial charge < -0.3 is 5.32 Å². The SMILES string of the molecule is CCCC(C)CNc1ccc2ncsc2c1. The second-order valence-electron chi connectivity index (χ2n) is 4.31. The second kappa shape index (κ2) is 5.30. The summed E-state index contributed by atoms with van der Waals surface area (Å²) in [5.41, 5.74) is 4.20. The lowest BCUT2D eigenvalue weighted by atomic mass is 10.1. The summed E-state index contributed by atoms with van der Waals surface area (Å²) in [7, 11) is 0. The highest BCUT2D eigenvalue weighted by Crippen LogP contribution is 2.22. The van der Waals surface area contributed by atoms with Crippen molar-refractivity contribution in [3.05, 3.63) is 23.7 Å². The Bertz CT molecular complexity index is 450. The van der Waals surface area contributed by atoms with Crippen LogP contribution in [-0.4, -0.2) is 11.5 Å². The number of anilines is 1. The van der Waals surface area contributed by atoms with E-state index in [1.165, 1.54) is 23.2 Å². The Morgan fingerprint density at radius 1 is 1.44 bits per heavy atom. The lowest BCUT2D eigenvalue weighted by Gasteiger charge is -2.12. The molecule has 3 heteroatoms. The van der Waals surface area contributed by atoms with Gasteiger partial charge in [0.2, 0.25) is 0 Å². The number of rotatable bonds is 5. The zero-order chi connectivity index (χ0) is 11.4. The summed E-state index contributed by atoms with van der Waals surface area (Å²) in [5.74, 6) is 0.738. The average Bonchev–Trinajstić information content (AvgIpc) is 2.74. The van der Waals surface area contributed by atoms with E-state index in [9.17, 15) is 0 Å². The van der Waals surface area contributed by atoms with Gasteiger partial charge in [0.1, 0.15) is 0 Å². The van der Waals surface area contributed by atoms with Crippen LogP contribution in [0.1, 0.15) is 26.7 Å². The minimum atomic E-state index is 0.738. The van der Waals surface area contributed by atoms with Crippen molar-refractivity contribution in [1.29, 1.82) is 0 Å². The Kier molecular flexibility index (Phi) is 3.78. The zero-order valence-electron chi connectivity index (χ0n) is 9.86. The molecule has 1 aromatic carbocycles. The summed E-state index contributed by atoms with van der Waals surface area (Å²) in [4.78, 5) is 4.28. The van der Waals surface area contributed by atoms with E-state index in [1.807, 2.05) is 5.51 Å². The zero-order valence-corrected chi connectivity index (χ0v) is 10.7. The third kappa shape index (κ3) is 2.73. The molecule has 1 heterocycles. The molecule has 0 amide bonds. The highest BCUT2D eigenvalue weighted by Gasteiger charge is 2.02. The number of aromatic nitrogens is 1. The van der Waals surface area contributed by atoms with Crippen molar-refractivity contribution in [3.8, 4) is 0 Å². The molecule has 0 aliphatic carbocycles. The Balaban J connectivity index is 1.98. The van der Waals surface area contributed by atoms with E-state index in [2.05, 4.69) is 42.3 Å². The topological polar surface area (TPSA) is 24.9 Å². The molecule has 2 rings (SSSR count). The fourth-order valence-corrected chi connectivity index (χ4v) is 2.57. The first-order valence-electron chi connectivity index (χ1n) is 5.86. The van der Waals surface area contributed by atoms with Gasteiger partial charge in [-0.3, -0.25) is 0 Å². The number of fused-ring (bicyclic) bond motifs is 1. The minimum Gasteiger partial charge on any atom is -0.385 e. The standard InChI is InChI=1S/C13H18N2S/c1-3-4-10(2)8-14-11-5-6-12-13(7-11)16-9-15-12/h5-7,9-10,14H,3-4,8H2,1-2H3. The molecular formula is C13H18N2S. The largest absolute Gasteiger partial charge is 0.385 e. The van der Waals surface area contributed by atoms with Gasteiger partial charge in [0.25, 0.3) is 0 Å².